The van der Waals surface area contributed by atoms with Crippen LogP contribution in [0.25, 0.3) is 11.6 Å². The first-order chi connectivity index (χ1) is 14.0. The van der Waals surface area contributed by atoms with Crippen molar-refractivity contribution in [3.63, 3.8) is 0 Å². The second-order valence-corrected chi connectivity index (χ2v) is 8.27. The van der Waals surface area contributed by atoms with Crippen LogP contribution in [0, 0.1) is 5.92 Å². The van der Waals surface area contributed by atoms with Crippen molar-refractivity contribution in [1.82, 2.24) is 20.1 Å². The summed E-state index contributed by atoms with van der Waals surface area (Å²) < 4.78 is 12.6. The molecule has 0 bridgehead atoms. The number of furan rings is 1. The molecule has 1 aliphatic rings. The summed E-state index contributed by atoms with van der Waals surface area (Å²) in [6, 6.07) is 3.76. The highest BCUT2D eigenvalue weighted by molar-refractivity contribution is 7.99. The van der Waals surface area contributed by atoms with Gasteiger partial charge in [-0.05, 0) is 44.7 Å². The van der Waals surface area contributed by atoms with Crippen LogP contribution in [0.5, 0.6) is 0 Å². The van der Waals surface area contributed by atoms with Crippen molar-refractivity contribution in [1.29, 1.82) is 0 Å². The van der Waals surface area contributed by atoms with Gasteiger partial charge < -0.3 is 14.5 Å². The van der Waals surface area contributed by atoms with Gasteiger partial charge in [0.25, 0.3) is 5.91 Å². The van der Waals surface area contributed by atoms with Crippen LogP contribution in [0.2, 0.25) is 0 Å². The van der Waals surface area contributed by atoms with Crippen molar-refractivity contribution in [2.45, 2.75) is 70.3 Å². The monoisotopic (exact) mass is 420 g/mol. The molecule has 0 saturated heterocycles. The SMILES string of the molecule is CCn1c(SCC(=O)O[C@@H](C)C(=O)N[C@H]2CCCC[C@@H]2C)nnc1-c1ccco1. The third-order valence-corrected chi connectivity index (χ3v) is 6.15. The Hall–Kier alpha value is -2.29. The van der Waals surface area contributed by atoms with E-state index >= 15 is 0 Å². The van der Waals surface area contributed by atoms with Gasteiger partial charge in [0.05, 0.1) is 12.0 Å². The van der Waals surface area contributed by atoms with E-state index in [0.29, 0.717) is 29.2 Å². The van der Waals surface area contributed by atoms with Crippen LogP contribution in [0.15, 0.2) is 28.0 Å². The van der Waals surface area contributed by atoms with E-state index < -0.39 is 12.1 Å². The van der Waals surface area contributed by atoms with Crippen LogP contribution in [-0.4, -0.2) is 44.5 Å². The number of carbonyl (C=O) groups is 2. The summed E-state index contributed by atoms with van der Waals surface area (Å²) in [5.74, 6) is 1.04. The molecule has 29 heavy (non-hydrogen) atoms. The van der Waals surface area contributed by atoms with Gasteiger partial charge in [0.15, 0.2) is 22.8 Å². The van der Waals surface area contributed by atoms with Gasteiger partial charge in [-0.2, -0.15) is 0 Å². The Morgan fingerprint density at radius 2 is 2.17 bits per heavy atom. The number of thioether (sulfide) groups is 1. The minimum absolute atomic E-state index is 0.0493. The summed E-state index contributed by atoms with van der Waals surface area (Å²) in [5.41, 5.74) is 0. The highest BCUT2D eigenvalue weighted by Crippen LogP contribution is 2.25. The lowest BCUT2D eigenvalue weighted by Crippen LogP contribution is -2.46. The van der Waals surface area contributed by atoms with Crippen molar-refractivity contribution in [2.24, 2.45) is 5.92 Å². The van der Waals surface area contributed by atoms with Gasteiger partial charge in [0.2, 0.25) is 0 Å². The summed E-state index contributed by atoms with van der Waals surface area (Å²) in [6.07, 6.45) is 5.19. The summed E-state index contributed by atoms with van der Waals surface area (Å²) in [4.78, 5) is 24.6. The van der Waals surface area contributed by atoms with Crippen molar-refractivity contribution >= 4 is 23.6 Å². The van der Waals surface area contributed by atoms with E-state index in [2.05, 4.69) is 22.4 Å². The zero-order valence-electron chi connectivity index (χ0n) is 17.1. The first-order valence-electron chi connectivity index (χ1n) is 10.1. The molecule has 1 aliphatic carbocycles. The highest BCUT2D eigenvalue weighted by Gasteiger charge is 2.26. The average Bonchev–Trinajstić information content (AvgIpc) is 3.37. The number of hydrogen-bond acceptors (Lipinski definition) is 7. The molecular formula is C20H28N4O4S. The first kappa shape index (κ1) is 21.4. The molecule has 3 atom stereocenters. The summed E-state index contributed by atoms with van der Waals surface area (Å²) >= 11 is 1.23. The van der Waals surface area contributed by atoms with Crippen LogP contribution in [0.1, 0.15) is 46.5 Å². The molecule has 1 N–H and O–H groups in total. The maximum absolute atomic E-state index is 12.4. The largest absolute Gasteiger partial charge is 0.461 e. The third kappa shape index (κ3) is 5.41. The lowest BCUT2D eigenvalue weighted by Gasteiger charge is -2.30. The summed E-state index contributed by atoms with van der Waals surface area (Å²) in [7, 11) is 0. The topological polar surface area (TPSA) is 99.2 Å². The maximum Gasteiger partial charge on any atom is 0.317 e. The van der Waals surface area contributed by atoms with Gasteiger partial charge in [0, 0.05) is 12.6 Å². The normalized spacial score (nSPS) is 20.2. The third-order valence-electron chi connectivity index (χ3n) is 5.21. The van der Waals surface area contributed by atoms with Crippen molar-refractivity contribution in [3.8, 4) is 11.6 Å². The van der Waals surface area contributed by atoms with Crippen molar-refractivity contribution in [3.05, 3.63) is 18.4 Å². The van der Waals surface area contributed by atoms with E-state index in [-0.39, 0.29) is 17.7 Å². The Balaban J connectivity index is 1.50. The Morgan fingerprint density at radius 1 is 1.38 bits per heavy atom. The predicted molar refractivity (Wildman–Crippen MR) is 109 cm³/mol. The van der Waals surface area contributed by atoms with Gasteiger partial charge >= 0.3 is 5.97 Å². The lowest BCUT2D eigenvalue weighted by atomic mass is 9.86. The maximum atomic E-state index is 12.4. The molecule has 0 spiro atoms. The Bertz CT molecular complexity index is 821. The van der Waals surface area contributed by atoms with Crippen molar-refractivity contribution < 1.29 is 18.7 Å². The fourth-order valence-corrected chi connectivity index (χ4v) is 4.29. The molecule has 2 aromatic rings. The van der Waals surface area contributed by atoms with Gasteiger partial charge in [-0.1, -0.05) is 31.5 Å². The van der Waals surface area contributed by atoms with Crippen LogP contribution >= 0.6 is 11.8 Å². The molecule has 0 radical (unpaired) electrons. The molecular weight excluding hydrogens is 392 g/mol. The molecule has 1 saturated carbocycles. The molecule has 0 aliphatic heterocycles. The fraction of sp³-hybridized carbons (Fsp3) is 0.600. The number of nitrogens with zero attached hydrogens (tertiary/aromatic N) is 3. The van der Waals surface area contributed by atoms with E-state index in [1.54, 1.807) is 19.3 Å². The quantitative estimate of drug-likeness (QED) is 0.517. The number of ether oxygens (including phenoxy) is 1. The van der Waals surface area contributed by atoms with Crippen LogP contribution in [0.3, 0.4) is 0 Å². The average molecular weight is 421 g/mol. The van der Waals surface area contributed by atoms with Gasteiger partial charge in [-0.25, -0.2) is 0 Å². The molecule has 1 fully saturated rings. The van der Waals surface area contributed by atoms with Gasteiger partial charge in [0.1, 0.15) is 0 Å². The smallest absolute Gasteiger partial charge is 0.317 e. The van der Waals surface area contributed by atoms with Gasteiger partial charge in [-0.3, -0.25) is 14.2 Å². The van der Waals surface area contributed by atoms with Crippen LogP contribution in [0.4, 0.5) is 0 Å². The zero-order valence-corrected chi connectivity index (χ0v) is 17.9. The number of esters is 1. The molecule has 3 rings (SSSR count). The van der Waals surface area contributed by atoms with E-state index in [1.165, 1.54) is 18.2 Å². The summed E-state index contributed by atoms with van der Waals surface area (Å²) in [6.45, 7) is 6.36. The molecule has 8 nitrogen and oxygen atoms in total. The molecule has 1 amide bonds. The number of nitrogens with one attached hydrogen (secondary N) is 1. The molecule has 0 aromatic carbocycles. The molecule has 9 heteroatoms. The molecule has 2 heterocycles. The molecule has 158 valence electrons. The predicted octanol–water partition coefficient (Wildman–Crippen LogP) is 3.28. The number of rotatable bonds is 8. The van der Waals surface area contributed by atoms with E-state index in [4.69, 9.17) is 9.15 Å². The van der Waals surface area contributed by atoms with Crippen molar-refractivity contribution in [2.75, 3.05) is 5.75 Å². The number of amides is 1. The Labute approximate surface area is 174 Å². The summed E-state index contributed by atoms with van der Waals surface area (Å²) in [5, 5.41) is 11.9. The highest BCUT2D eigenvalue weighted by atomic mass is 32.2. The van der Waals surface area contributed by atoms with Gasteiger partial charge in [-0.15, -0.1) is 10.2 Å². The van der Waals surface area contributed by atoms with E-state index in [1.807, 2.05) is 17.6 Å². The second-order valence-electron chi connectivity index (χ2n) is 7.33. The van der Waals surface area contributed by atoms with Crippen LogP contribution < -0.4 is 5.32 Å². The second kappa shape index (κ2) is 9.96. The molecule has 0 unspecified atom stereocenters. The number of carbonyl (C=O) groups excluding carboxylic acids is 2. The van der Waals surface area contributed by atoms with Crippen LogP contribution in [-0.2, 0) is 20.9 Å². The first-order valence-corrected chi connectivity index (χ1v) is 11.1. The van der Waals surface area contributed by atoms with E-state index in [0.717, 1.165) is 19.3 Å². The zero-order chi connectivity index (χ0) is 20.8. The lowest BCUT2D eigenvalue weighted by molar-refractivity contribution is -0.152. The number of aromatic nitrogens is 3. The minimum Gasteiger partial charge on any atom is -0.461 e. The minimum atomic E-state index is -0.819. The van der Waals surface area contributed by atoms with E-state index in [9.17, 15) is 9.59 Å². The Morgan fingerprint density at radius 3 is 2.86 bits per heavy atom. The number of hydrogen-bond donors (Lipinski definition) is 1. The Kier molecular flexibility index (Phi) is 7.35. The molecule has 2 aromatic heterocycles. The fourth-order valence-electron chi connectivity index (χ4n) is 3.51. The standard InChI is InChI=1S/C20H28N4O4S/c1-4-24-18(16-10-7-11-27-16)22-23-20(24)29-12-17(25)28-14(3)19(26)21-15-9-6-5-8-13(15)2/h7,10-11,13-15H,4-6,8-9,12H2,1-3H3,(H,21,26)/t13-,14-,15-/m0/s1.